The maximum Gasteiger partial charge on any atom is 0.328 e. The van der Waals surface area contributed by atoms with Gasteiger partial charge in [-0.25, -0.2) is 9.48 Å². The monoisotopic (exact) mass is 269 g/mol. The number of hydrogen-bond acceptors (Lipinski definition) is 5. The van der Waals surface area contributed by atoms with Crippen molar-refractivity contribution in [3.05, 3.63) is 36.5 Å². The first-order valence-electron chi connectivity index (χ1n) is 6.03. The van der Waals surface area contributed by atoms with E-state index < -0.39 is 12.0 Å². The van der Waals surface area contributed by atoms with Gasteiger partial charge in [0.1, 0.15) is 5.69 Å². The number of nitrogens with zero attached hydrogens (tertiary/aromatic N) is 5. The van der Waals surface area contributed by atoms with Crippen LogP contribution in [0.3, 0.4) is 0 Å². The Balaban J connectivity index is 2.22. The zero-order valence-corrected chi connectivity index (χ0v) is 10.6. The fourth-order valence-corrected chi connectivity index (χ4v) is 2.01. The number of carboxylic acids is 1. The minimum absolute atomic E-state index is 0.344. The summed E-state index contributed by atoms with van der Waals surface area (Å²) in [5, 5.41) is 22.2. The molecule has 1 unspecified atom stereocenters. The van der Waals surface area contributed by atoms with Crippen molar-refractivity contribution in [2.24, 2.45) is 0 Å². The number of carboxylic acid groups (broad SMARTS) is 1. The van der Waals surface area contributed by atoms with Crippen molar-refractivity contribution in [1.29, 1.82) is 0 Å². The van der Waals surface area contributed by atoms with E-state index in [9.17, 15) is 4.79 Å². The highest BCUT2D eigenvalue weighted by atomic mass is 16.4. The molecule has 0 saturated heterocycles. The number of fused-ring (bicyclic) bond motifs is 1. The molecule has 2 heterocycles. The predicted octanol–water partition coefficient (Wildman–Crippen LogP) is 1.53. The van der Waals surface area contributed by atoms with Crippen molar-refractivity contribution in [2.45, 2.75) is 13.0 Å². The molecule has 7 heteroatoms. The van der Waals surface area contributed by atoms with Crippen LogP contribution < -0.4 is 0 Å². The summed E-state index contributed by atoms with van der Waals surface area (Å²) in [7, 11) is 0. The molecule has 0 spiro atoms. The van der Waals surface area contributed by atoms with E-state index in [2.05, 4.69) is 20.5 Å². The average Bonchev–Trinajstić information content (AvgIpc) is 2.94. The number of pyridine rings is 1. The van der Waals surface area contributed by atoms with Crippen molar-refractivity contribution < 1.29 is 9.90 Å². The van der Waals surface area contributed by atoms with Crippen molar-refractivity contribution in [3.8, 4) is 11.5 Å². The Bertz CT molecular complexity index is 778. The summed E-state index contributed by atoms with van der Waals surface area (Å²) in [6, 6.07) is 8.70. The summed E-state index contributed by atoms with van der Waals surface area (Å²) in [5.74, 6) is -0.657. The molecule has 20 heavy (non-hydrogen) atoms. The van der Waals surface area contributed by atoms with Crippen molar-refractivity contribution in [3.63, 3.8) is 0 Å². The molecule has 0 amide bonds. The smallest absolute Gasteiger partial charge is 0.328 e. The van der Waals surface area contributed by atoms with Gasteiger partial charge in [0.25, 0.3) is 0 Å². The third-order valence-corrected chi connectivity index (χ3v) is 3.10. The summed E-state index contributed by atoms with van der Waals surface area (Å²) in [5.41, 5.74) is 0.571. The summed E-state index contributed by atoms with van der Waals surface area (Å²) in [6.45, 7) is 1.52. The summed E-state index contributed by atoms with van der Waals surface area (Å²) in [6.07, 6.45) is 1.65. The minimum Gasteiger partial charge on any atom is -0.480 e. The molecule has 7 nitrogen and oxygen atoms in total. The maximum absolute atomic E-state index is 11.1. The van der Waals surface area contributed by atoms with Crippen LogP contribution in [0.1, 0.15) is 13.0 Å². The number of hydrogen-bond donors (Lipinski definition) is 1. The lowest BCUT2D eigenvalue weighted by molar-refractivity contribution is -0.140. The summed E-state index contributed by atoms with van der Waals surface area (Å²) >= 11 is 0. The van der Waals surface area contributed by atoms with E-state index in [-0.39, 0.29) is 0 Å². The summed E-state index contributed by atoms with van der Waals surface area (Å²) < 4.78 is 1.26. The highest BCUT2D eigenvalue weighted by Crippen LogP contribution is 2.25. The van der Waals surface area contributed by atoms with Crippen LogP contribution >= 0.6 is 0 Å². The van der Waals surface area contributed by atoms with Gasteiger partial charge in [-0.05, 0) is 28.8 Å². The van der Waals surface area contributed by atoms with Crippen LogP contribution in [0.15, 0.2) is 36.5 Å². The van der Waals surface area contributed by atoms with Crippen LogP contribution in [0.4, 0.5) is 0 Å². The molecule has 0 fully saturated rings. The van der Waals surface area contributed by atoms with E-state index >= 15 is 0 Å². The van der Waals surface area contributed by atoms with E-state index in [1.165, 1.54) is 11.6 Å². The van der Waals surface area contributed by atoms with Gasteiger partial charge in [-0.1, -0.05) is 24.3 Å². The van der Waals surface area contributed by atoms with Crippen LogP contribution in [0, 0.1) is 0 Å². The molecular weight excluding hydrogens is 258 g/mol. The van der Waals surface area contributed by atoms with Crippen LogP contribution in [-0.4, -0.2) is 36.3 Å². The molecule has 1 aromatic carbocycles. The predicted molar refractivity (Wildman–Crippen MR) is 70.9 cm³/mol. The first-order chi connectivity index (χ1) is 9.68. The van der Waals surface area contributed by atoms with Crippen LogP contribution in [-0.2, 0) is 4.79 Å². The van der Waals surface area contributed by atoms with Crippen molar-refractivity contribution in [2.75, 3.05) is 0 Å². The fourth-order valence-electron chi connectivity index (χ4n) is 2.01. The third-order valence-electron chi connectivity index (χ3n) is 3.10. The zero-order valence-electron chi connectivity index (χ0n) is 10.6. The van der Waals surface area contributed by atoms with Crippen LogP contribution in [0.25, 0.3) is 22.3 Å². The molecule has 2 aromatic heterocycles. The molecule has 3 aromatic rings. The maximum atomic E-state index is 11.1. The molecule has 3 rings (SSSR count). The quantitative estimate of drug-likeness (QED) is 0.775. The molecule has 0 aliphatic rings. The number of tetrazole rings is 1. The van der Waals surface area contributed by atoms with Gasteiger partial charge in [0.2, 0.25) is 5.82 Å². The minimum atomic E-state index is -1.00. The molecule has 0 aliphatic carbocycles. The lowest BCUT2D eigenvalue weighted by atomic mass is 10.1. The molecule has 1 N–H and O–H groups in total. The Morgan fingerprint density at radius 1 is 1.30 bits per heavy atom. The van der Waals surface area contributed by atoms with E-state index in [0.29, 0.717) is 11.5 Å². The summed E-state index contributed by atoms with van der Waals surface area (Å²) in [4.78, 5) is 15.4. The second-order valence-electron chi connectivity index (χ2n) is 4.34. The van der Waals surface area contributed by atoms with E-state index in [1.807, 2.05) is 30.3 Å². The van der Waals surface area contributed by atoms with Gasteiger partial charge in [-0.15, -0.1) is 5.10 Å². The lowest BCUT2D eigenvalue weighted by Crippen LogP contribution is -2.18. The van der Waals surface area contributed by atoms with Gasteiger partial charge in [0.05, 0.1) is 0 Å². The first kappa shape index (κ1) is 12.2. The van der Waals surface area contributed by atoms with Crippen LogP contribution in [0.2, 0.25) is 0 Å². The van der Waals surface area contributed by atoms with Gasteiger partial charge >= 0.3 is 5.97 Å². The molecular formula is C13H11N5O2. The van der Waals surface area contributed by atoms with Crippen LogP contribution in [0.5, 0.6) is 0 Å². The second kappa shape index (κ2) is 4.69. The SMILES string of the molecule is CC(C(=O)O)n1nnnc1-c1nccc2ccccc12. The van der Waals surface area contributed by atoms with E-state index in [0.717, 1.165) is 10.8 Å². The Hall–Kier alpha value is -2.83. The largest absolute Gasteiger partial charge is 0.480 e. The second-order valence-corrected chi connectivity index (χ2v) is 4.34. The number of rotatable bonds is 3. The fraction of sp³-hybridized carbons (Fsp3) is 0.154. The average molecular weight is 269 g/mol. The van der Waals surface area contributed by atoms with Gasteiger partial charge < -0.3 is 5.11 Å². The van der Waals surface area contributed by atoms with Gasteiger partial charge in [0.15, 0.2) is 6.04 Å². The molecule has 1 atom stereocenters. The molecule has 100 valence electrons. The van der Waals surface area contributed by atoms with E-state index in [1.54, 1.807) is 6.20 Å². The first-order valence-corrected chi connectivity index (χ1v) is 6.03. The molecule has 0 saturated carbocycles. The number of carbonyl (C=O) groups is 1. The normalized spacial score (nSPS) is 12.4. The zero-order chi connectivity index (χ0) is 14.1. The Morgan fingerprint density at radius 3 is 2.90 bits per heavy atom. The topological polar surface area (TPSA) is 93.8 Å². The van der Waals surface area contributed by atoms with Crippen molar-refractivity contribution in [1.82, 2.24) is 25.2 Å². The van der Waals surface area contributed by atoms with Gasteiger partial charge in [-0.2, -0.15) is 0 Å². The lowest BCUT2D eigenvalue weighted by Gasteiger charge is -2.09. The molecule has 0 bridgehead atoms. The number of benzene rings is 1. The van der Waals surface area contributed by atoms with Crippen molar-refractivity contribution >= 4 is 16.7 Å². The highest BCUT2D eigenvalue weighted by molar-refractivity contribution is 5.93. The highest BCUT2D eigenvalue weighted by Gasteiger charge is 2.21. The Morgan fingerprint density at radius 2 is 2.10 bits per heavy atom. The number of aliphatic carboxylic acids is 1. The Kier molecular flexibility index (Phi) is 2.86. The van der Waals surface area contributed by atoms with Gasteiger partial charge in [0, 0.05) is 11.6 Å². The Labute approximate surface area is 113 Å². The molecule has 0 radical (unpaired) electrons. The standard InChI is InChI=1S/C13H11N5O2/c1-8(13(19)20)18-12(15-16-17-18)11-10-5-3-2-4-9(10)6-7-14-11/h2-8H,1H3,(H,19,20). The van der Waals surface area contributed by atoms with Gasteiger partial charge in [-0.3, -0.25) is 4.98 Å². The number of aromatic nitrogens is 5. The molecule has 0 aliphatic heterocycles. The third kappa shape index (κ3) is 1.89. The van der Waals surface area contributed by atoms with E-state index in [4.69, 9.17) is 5.11 Å².